The van der Waals surface area contributed by atoms with Gasteiger partial charge in [-0.2, -0.15) is 0 Å². The number of aliphatic hydroxyl groups excluding tert-OH is 1. The minimum absolute atomic E-state index is 0.170. The van der Waals surface area contributed by atoms with Crippen molar-refractivity contribution in [1.29, 1.82) is 0 Å². The Hall–Kier alpha value is -1.06. The Bertz CT molecular complexity index is 299. The minimum atomic E-state index is -0.718. The summed E-state index contributed by atoms with van der Waals surface area (Å²) in [5.41, 5.74) is 0.951. The summed E-state index contributed by atoms with van der Waals surface area (Å²) in [4.78, 5) is 0. The van der Waals surface area contributed by atoms with E-state index in [4.69, 9.17) is 9.47 Å². The third-order valence-electron chi connectivity index (χ3n) is 2.29. The largest absolute Gasteiger partial charge is 0.496 e. The Morgan fingerprint density at radius 3 is 2.60 bits per heavy atom. The Balaban J connectivity index is 2.76. The van der Waals surface area contributed by atoms with E-state index in [0.717, 1.165) is 11.3 Å². The first-order chi connectivity index (χ1) is 7.19. The molecule has 0 fully saturated rings. The summed E-state index contributed by atoms with van der Waals surface area (Å²) in [6.07, 6.45) is -0.305. The number of aliphatic hydroxyl groups is 1. The van der Waals surface area contributed by atoms with Crippen molar-refractivity contribution in [2.75, 3.05) is 7.11 Å². The second-order valence-electron chi connectivity index (χ2n) is 3.38. The Labute approximate surface area is 90.6 Å². The Morgan fingerprint density at radius 2 is 2.00 bits per heavy atom. The molecular weight excluding hydrogens is 192 g/mol. The van der Waals surface area contributed by atoms with Gasteiger partial charge in [0.2, 0.25) is 0 Å². The van der Waals surface area contributed by atoms with Crippen LogP contribution in [0.3, 0.4) is 0 Å². The van der Waals surface area contributed by atoms with E-state index in [-0.39, 0.29) is 6.10 Å². The first kappa shape index (κ1) is 12.0. The van der Waals surface area contributed by atoms with Gasteiger partial charge in [0.1, 0.15) is 5.75 Å². The van der Waals surface area contributed by atoms with Gasteiger partial charge in [0, 0.05) is 5.56 Å². The molecular formula is C12H18O3. The van der Waals surface area contributed by atoms with Gasteiger partial charge in [-0.1, -0.05) is 25.1 Å². The Kier molecular flexibility index (Phi) is 4.59. The fourth-order valence-electron chi connectivity index (χ4n) is 1.41. The zero-order valence-corrected chi connectivity index (χ0v) is 9.43. The van der Waals surface area contributed by atoms with Gasteiger partial charge < -0.3 is 14.6 Å². The van der Waals surface area contributed by atoms with E-state index in [1.54, 1.807) is 7.11 Å². The summed E-state index contributed by atoms with van der Waals surface area (Å²) in [6, 6.07) is 7.65. The molecule has 0 aliphatic carbocycles. The molecule has 2 unspecified atom stereocenters. The van der Waals surface area contributed by atoms with Crippen molar-refractivity contribution < 1.29 is 14.6 Å². The van der Waals surface area contributed by atoms with Gasteiger partial charge in [0.25, 0.3) is 0 Å². The fraction of sp³-hybridized carbons (Fsp3) is 0.500. The van der Waals surface area contributed by atoms with E-state index in [1.165, 1.54) is 0 Å². The summed E-state index contributed by atoms with van der Waals surface area (Å²) in [6.45, 7) is 3.77. The van der Waals surface area contributed by atoms with Gasteiger partial charge in [0.05, 0.1) is 13.2 Å². The third kappa shape index (κ3) is 3.22. The van der Waals surface area contributed by atoms with E-state index >= 15 is 0 Å². The molecule has 0 bridgehead atoms. The third-order valence-corrected chi connectivity index (χ3v) is 2.29. The quantitative estimate of drug-likeness (QED) is 0.759. The van der Waals surface area contributed by atoms with Crippen LogP contribution in [0.4, 0.5) is 0 Å². The number of hydrogen-bond acceptors (Lipinski definition) is 3. The predicted molar refractivity (Wildman–Crippen MR) is 58.8 cm³/mol. The molecule has 0 aliphatic heterocycles. The van der Waals surface area contributed by atoms with Crippen molar-refractivity contribution in [1.82, 2.24) is 0 Å². The van der Waals surface area contributed by atoms with E-state index in [2.05, 4.69) is 0 Å². The molecule has 2 atom stereocenters. The molecule has 1 aromatic carbocycles. The van der Waals surface area contributed by atoms with E-state index in [9.17, 15) is 5.11 Å². The van der Waals surface area contributed by atoms with Crippen LogP contribution in [-0.4, -0.2) is 18.5 Å². The smallest absolute Gasteiger partial charge is 0.155 e. The predicted octanol–water partition coefficient (Wildman–Crippen LogP) is 2.50. The highest BCUT2D eigenvalue weighted by Crippen LogP contribution is 2.27. The average molecular weight is 210 g/mol. The lowest BCUT2D eigenvalue weighted by atomic mass is 10.1. The molecule has 3 heteroatoms. The van der Waals surface area contributed by atoms with E-state index in [1.807, 2.05) is 38.1 Å². The van der Waals surface area contributed by atoms with Crippen LogP contribution in [-0.2, 0) is 4.74 Å². The lowest BCUT2D eigenvalue weighted by Gasteiger charge is -2.19. The van der Waals surface area contributed by atoms with Crippen LogP contribution in [0.1, 0.15) is 31.9 Å². The van der Waals surface area contributed by atoms with Crippen LogP contribution < -0.4 is 4.74 Å². The first-order valence-electron chi connectivity index (χ1n) is 5.15. The van der Waals surface area contributed by atoms with Crippen LogP contribution in [0.5, 0.6) is 5.75 Å². The summed E-state index contributed by atoms with van der Waals surface area (Å²) >= 11 is 0. The maximum atomic E-state index is 9.39. The second kappa shape index (κ2) is 5.73. The topological polar surface area (TPSA) is 38.7 Å². The molecule has 84 valence electrons. The standard InChI is InChI=1S/C12H18O3/c1-4-12(13)15-9(2)10-7-5-6-8-11(10)14-3/h5-9,12-13H,4H2,1-3H3. The monoisotopic (exact) mass is 210 g/mol. The zero-order valence-electron chi connectivity index (χ0n) is 9.43. The molecule has 1 aromatic rings. The number of ether oxygens (including phenoxy) is 2. The van der Waals surface area contributed by atoms with Crippen LogP contribution in [0.15, 0.2) is 24.3 Å². The summed E-state index contributed by atoms with van der Waals surface area (Å²) < 4.78 is 10.6. The molecule has 1 N–H and O–H groups in total. The van der Waals surface area contributed by atoms with Gasteiger partial charge >= 0.3 is 0 Å². The van der Waals surface area contributed by atoms with Crippen LogP contribution in [0.25, 0.3) is 0 Å². The molecule has 0 saturated heterocycles. The van der Waals surface area contributed by atoms with Crippen molar-refractivity contribution in [3.8, 4) is 5.75 Å². The number of rotatable bonds is 5. The lowest BCUT2D eigenvalue weighted by Crippen LogP contribution is -2.13. The Morgan fingerprint density at radius 1 is 1.33 bits per heavy atom. The fourth-order valence-corrected chi connectivity index (χ4v) is 1.41. The first-order valence-corrected chi connectivity index (χ1v) is 5.15. The van der Waals surface area contributed by atoms with Crippen molar-refractivity contribution >= 4 is 0 Å². The lowest BCUT2D eigenvalue weighted by molar-refractivity contribution is -0.133. The number of benzene rings is 1. The molecule has 15 heavy (non-hydrogen) atoms. The van der Waals surface area contributed by atoms with Crippen LogP contribution in [0.2, 0.25) is 0 Å². The van der Waals surface area contributed by atoms with E-state index < -0.39 is 6.29 Å². The molecule has 0 aromatic heterocycles. The van der Waals surface area contributed by atoms with Gasteiger partial charge in [-0.3, -0.25) is 0 Å². The second-order valence-corrected chi connectivity index (χ2v) is 3.38. The zero-order chi connectivity index (χ0) is 11.3. The number of para-hydroxylation sites is 1. The molecule has 0 spiro atoms. The normalized spacial score (nSPS) is 14.7. The molecule has 1 rings (SSSR count). The average Bonchev–Trinajstić information content (AvgIpc) is 2.28. The van der Waals surface area contributed by atoms with E-state index in [0.29, 0.717) is 6.42 Å². The van der Waals surface area contributed by atoms with Crippen LogP contribution in [0, 0.1) is 0 Å². The summed E-state index contributed by atoms with van der Waals surface area (Å²) in [7, 11) is 1.63. The highest BCUT2D eigenvalue weighted by molar-refractivity contribution is 5.34. The van der Waals surface area contributed by atoms with Crippen molar-refractivity contribution in [3.05, 3.63) is 29.8 Å². The van der Waals surface area contributed by atoms with Crippen molar-refractivity contribution in [2.45, 2.75) is 32.7 Å². The molecule has 0 saturated carbocycles. The van der Waals surface area contributed by atoms with Crippen molar-refractivity contribution in [3.63, 3.8) is 0 Å². The number of hydrogen-bond donors (Lipinski definition) is 1. The van der Waals surface area contributed by atoms with Gasteiger partial charge in [-0.25, -0.2) is 0 Å². The summed E-state index contributed by atoms with van der Waals surface area (Å²) in [5, 5.41) is 9.39. The minimum Gasteiger partial charge on any atom is -0.496 e. The maximum absolute atomic E-state index is 9.39. The maximum Gasteiger partial charge on any atom is 0.155 e. The number of methoxy groups -OCH3 is 1. The molecule has 3 nitrogen and oxygen atoms in total. The highest BCUT2D eigenvalue weighted by Gasteiger charge is 2.14. The SMILES string of the molecule is CCC(O)OC(C)c1ccccc1OC. The molecule has 0 radical (unpaired) electrons. The molecule has 0 heterocycles. The van der Waals surface area contributed by atoms with Crippen molar-refractivity contribution in [2.24, 2.45) is 0 Å². The molecule has 0 amide bonds. The van der Waals surface area contributed by atoms with Gasteiger partial charge in [-0.15, -0.1) is 0 Å². The summed E-state index contributed by atoms with van der Waals surface area (Å²) in [5.74, 6) is 0.785. The van der Waals surface area contributed by atoms with Gasteiger partial charge in [-0.05, 0) is 19.4 Å². The van der Waals surface area contributed by atoms with Crippen LogP contribution >= 0.6 is 0 Å². The highest BCUT2D eigenvalue weighted by atomic mass is 16.6. The molecule has 0 aliphatic rings. The van der Waals surface area contributed by atoms with Gasteiger partial charge in [0.15, 0.2) is 6.29 Å².